The summed E-state index contributed by atoms with van der Waals surface area (Å²) < 4.78 is 19.8. The van der Waals surface area contributed by atoms with Crippen molar-refractivity contribution in [2.75, 3.05) is 53.6 Å². The van der Waals surface area contributed by atoms with Gasteiger partial charge in [0.15, 0.2) is 0 Å². The van der Waals surface area contributed by atoms with Gasteiger partial charge in [-0.2, -0.15) is 0 Å². The summed E-state index contributed by atoms with van der Waals surface area (Å²) in [5, 5.41) is 5.39. The lowest BCUT2D eigenvalue weighted by Gasteiger charge is -2.37. The summed E-state index contributed by atoms with van der Waals surface area (Å²) in [6, 6.07) is 16.9. The number of aryl methyl sites for hydroxylation is 1. The zero-order valence-corrected chi connectivity index (χ0v) is 41.7. The third-order valence-electron chi connectivity index (χ3n) is 13.8. The van der Waals surface area contributed by atoms with Crippen molar-refractivity contribution in [2.45, 2.75) is 97.8 Å². The summed E-state index contributed by atoms with van der Waals surface area (Å²) in [7, 11) is 3.27. The fourth-order valence-electron chi connectivity index (χ4n) is 10.3. The Balaban J connectivity index is 1.35. The molecule has 16 nitrogen and oxygen atoms in total. The van der Waals surface area contributed by atoms with Gasteiger partial charge in [0.2, 0.25) is 17.7 Å². The summed E-state index contributed by atoms with van der Waals surface area (Å²) >= 11 is 0. The van der Waals surface area contributed by atoms with E-state index in [0.717, 1.165) is 38.9 Å². The van der Waals surface area contributed by atoms with E-state index in [1.165, 1.54) is 16.0 Å². The molecule has 3 aliphatic rings. The molecule has 4 atom stereocenters. The molecule has 4 aromatic rings. The Kier molecular flexibility index (Phi) is 16.3. The van der Waals surface area contributed by atoms with Crippen LogP contribution in [0.5, 0.6) is 5.75 Å². The third-order valence-corrected chi connectivity index (χ3v) is 13.8. The number of hydrazine groups is 1. The molecular formula is C54H69N7O9. The molecule has 2 saturated heterocycles. The summed E-state index contributed by atoms with van der Waals surface area (Å²) in [6.45, 7) is 15.3. The van der Waals surface area contributed by atoms with Crippen LogP contribution in [0, 0.1) is 17.3 Å². The van der Waals surface area contributed by atoms with Gasteiger partial charge in [-0.25, -0.2) is 5.43 Å². The lowest BCUT2D eigenvalue weighted by molar-refractivity contribution is -0.155. The second-order valence-electron chi connectivity index (χ2n) is 19.9. The van der Waals surface area contributed by atoms with Crippen molar-refractivity contribution in [3.05, 3.63) is 90.0 Å². The SMILES string of the molecule is C=CC(=O)N1CC[C@H](C(=O)N(C)C(C(=O)N[C@H]2Cc3cc(OC(=O)CN)cc(c3)-c3ccc4c(c3)c(c(-c3ccccc3CCOC)n4CC)CC(C)(C)COC(=O)[C@@H]3CCCN(N3)C2=O)C(C)C)C1. The van der Waals surface area contributed by atoms with E-state index in [1.54, 1.807) is 31.2 Å². The number of cyclic esters (lactones) is 1. The fraction of sp³-hybridized carbons (Fsp3) is 0.481. The Labute approximate surface area is 410 Å². The molecule has 0 radical (unpaired) electrons. The van der Waals surface area contributed by atoms with Crippen LogP contribution in [0.2, 0.25) is 0 Å². The fourth-order valence-corrected chi connectivity index (χ4v) is 10.3. The van der Waals surface area contributed by atoms with Crippen LogP contribution < -0.4 is 21.2 Å². The summed E-state index contributed by atoms with van der Waals surface area (Å²) in [5.41, 5.74) is 15.8. The Bertz CT molecular complexity index is 2640. The molecule has 6 bridgehead atoms. The molecule has 1 aromatic heterocycles. The predicted octanol–water partition coefficient (Wildman–Crippen LogP) is 5.21. The number of methoxy groups -OCH3 is 1. The van der Waals surface area contributed by atoms with E-state index in [4.69, 9.17) is 19.9 Å². The number of likely N-dealkylation sites (tertiary alicyclic amines) is 1. The minimum absolute atomic E-state index is 0.0566. The summed E-state index contributed by atoms with van der Waals surface area (Å²) in [4.78, 5) is 85.7. The highest BCUT2D eigenvalue weighted by molar-refractivity contribution is 5.96. The van der Waals surface area contributed by atoms with E-state index in [0.29, 0.717) is 62.9 Å². The van der Waals surface area contributed by atoms with Gasteiger partial charge >= 0.3 is 11.9 Å². The maximum Gasteiger partial charge on any atom is 0.325 e. The van der Waals surface area contributed by atoms with Crippen molar-refractivity contribution >= 4 is 46.5 Å². The molecule has 3 aliphatic heterocycles. The van der Waals surface area contributed by atoms with Crippen molar-refractivity contribution in [3.8, 4) is 28.1 Å². The maximum atomic E-state index is 14.9. The molecule has 4 heterocycles. The number of benzene rings is 3. The first-order valence-corrected chi connectivity index (χ1v) is 24.5. The molecule has 16 heteroatoms. The molecule has 3 aromatic carbocycles. The van der Waals surface area contributed by atoms with Crippen molar-refractivity contribution < 1.29 is 43.0 Å². The first-order valence-electron chi connectivity index (χ1n) is 24.5. The number of rotatable bonds is 13. The van der Waals surface area contributed by atoms with Crippen molar-refractivity contribution in [1.29, 1.82) is 0 Å². The van der Waals surface area contributed by atoms with E-state index >= 15 is 0 Å². The summed E-state index contributed by atoms with van der Waals surface area (Å²) in [5.74, 6) is -3.44. The number of fused-ring (bicyclic) bond motifs is 6. The van der Waals surface area contributed by atoms with Crippen LogP contribution in [0.25, 0.3) is 33.3 Å². The quantitative estimate of drug-likeness (QED) is 0.0905. The van der Waals surface area contributed by atoms with Crippen LogP contribution >= 0.6 is 0 Å². The average molecular weight is 960 g/mol. The minimum Gasteiger partial charge on any atom is -0.464 e. The van der Waals surface area contributed by atoms with Gasteiger partial charge in [0.25, 0.3) is 5.91 Å². The van der Waals surface area contributed by atoms with Gasteiger partial charge in [0, 0.05) is 68.6 Å². The van der Waals surface area contributed by atoms with Gasteiger partial charge in [-0.15, -0.1) is 0 Å². The van der Waals surface area contributed by atoms with Gasteiger partial charge < -0.3 is 39.6 Å². The molecule has 1 unspecified atom stereocenters. The number of nitrogens with one attached hydrogen (secondary N) is 2. The zero-order valence-electron chi connectivity index (χ0n) is 41.7. The van der Waals surface area contributed by atoms with Gasteiger partial charge in [0.05, 0.1) is 31.4 Å². The molecule has 4 N–H and O–H groups in total. The van der Waals surface area contributed by atoms with E-state index in [9.17, 15) is 28.8 Å². The normalized spacial score (nSPS) is 19.9. The summed E-state index contributed by atoms with van der Waals surface area (Å²) in [6.07, 6.45) is 3.78. The van der Waals surface area contributed by atoms with Crippen LogP contribution in [-0.4, -0.2) is 127 Å². The predicted molar refractivity (Wildman–Crippen MR) is 267 cm³/mol. The van der Waals surface area contributed by atoms with E-state index in [1.807, 2.05) is 38.1 Å². The maximum absolute atomic E-state index is 14.9. The first-order chi connectivity index (χ1) is 33.5. The number of carbonyl (C=O) groups is 6. The standard InChI is InChI=1S/C54H69N7O9/c1-9-46(62)59-22-19-37(31-59)51(65)58(7)48(33(3)4)50(64)56-44-26-34-24-38(27-39(25-34)70-47(63)30-55)36-17-18-45-41(28-36)42(49(60(45)10-2)40-15-12-11-14-35(40)20-23-68-8)29-54(5,6)32-69-53(67)43-16-13-21-61(57-43)52(44)66/h9,11-12,14-15,17-18,24-25,27-28,33,37,43-44,48,57H,1,10,13,16,19-23,26,29-32,55H2,2-8H3,(H,56,64)/t37-,43-,44-,48?/m0/s1. The van der Waals surface area contributed by atoms with Gasteiger partial charge in [-0.05, 0) is 103 Å². The largest absolute Gasteiger partial charge is 0.464 e. The smallest absolute Gasteiger partial charge is 0.325 e. The molecule has 4 amide bonds. The molecule has 0 saturated carbocycles. The molecule has 374 valence electrons. The van der Waals surface area contributed by atoms with Crippen LogP contribution in [0.3, 0.4) is 0 Å². The highest BCUT2D eigenvalue weighted by atomic mass is 16.5. The van der Waals surface area contributed by atoms with Crippen molar-refractivity contribution in [3.63, 3.8) is 0 Å². The number of esters is 2. The lowest BCUT2D eigenvalue weighted by atomic mass is 9.83. The number of ether oxygens (including phenoxy) is 3. The van der Waals surface area contributed by atoms with E-state index in [-0.39, 0.29) is 56.1 Å². The van der Waals surface area contributed by atoms with Crippen LogP contribution in [0.15, 0.2) is 73.3 Å². The van der Waals surface area contributed by atoms with Crippen LogP contribution in [-0.2, 0) is 64.0 Å². The Morgan fingerprint density at radius 1 is 1.04 bits per heavy atom. The average Bonchev–Trinajstić information content (AvgIpc) is 3.96. The number of nitrogens with two attached hydrogens (primary N) is 1. The van der Waals surface area contributed by atoms with Crippen LogP contribution in [0.4, 0.5) is 0 Å². The first kappa shape index (κ1) is 51.5. The number of aromatic nitrogens is 1. The number of hydrogen-bond donors (Lipinski definition) is 3. The minimum atomic E-state index is -1.22. The van der Waals surface area contributed by atoms with E-state index in [2.05, 4.69) is 66.9 Å². The monoisotopic (exact) mass is 960 g/mol. The number of likely N-dealkylation sites (N-methyl/N-ethyl adjacent to an activating group) is 1. The topological polar surface area (TPSA) is 195 Å². The third kappa shape index (κ3) is 11.3. The lowest BCUT2D eigenvalue weighted by Crippen LogP contribution is -2.62. The number of amides is 4. The Morgan fingerprint density at radius 2 is 1.81 bits per heavy atom. The van der Waals surface area contributed by atoms with Crippen molar-refractivity contribution in [2.24, 2.45) is 23.0 Å². The van der Waals surface area contributed by atoms with Crippen LogP contribution in [0.1, 0.15) is 70.6 Å². The molecule has 2 fully saturated rings. The Hall–Kier alpha value is -6.36. The van der Waals surface area contributed by atoms with Crippen molar-refractivity contribution in [1.82, 2.24) is 30.1 Å². The molecular weight excluding hydrogens is 891 g/mol. The highest BCUT2D eigenvalue weighted by Crippen LogP contribution is 2.42. The molecule has 70 heavy (non-hydrogen) atoms. The van der Waals surface area contributed by atoms with Gasteiger partial charge in [-0.3, -0.25) is 33.8 Å². The second-order valence-corrected chi connectivity index (χ2v) is 19.9. The molecule has 0 spiro atoms. The number of carbonyl (C=O) groups excluding carboxylic acids is 6. The van der Waals surface area contributed by atoms with E-state index < -0.39 is 53.2 Å². The molecule has 0 aliphatic carbocycles. The number of nitrogens with zero attached hydrogens (tertiary/aromatic N) is 4. The second kappa shape index (κ2) is 22.2. The highest BCUT2D eigenvalue weighted by Gasteiger charge is 2.40. The van der Waals surface area contributed by atoms with Gasteiger partial charge in [0.1, 0.15) is 23.9 Å². The Morgan fingerprint density at radius 3 is 2.53 bits per heavy atom. The number of hydrogen-bond acceptors (Lipinski definition) is 11. The van der Waals surface area contributed by atoms with Gasteiger partial charge in [-0.1, -0.05) is 70.7 Å². The zero-order chi connectivity index (χ0) is 50.4. The molecule has 7 rings (SSSR count).